The van der Waals surface area contributed by atoms with Crippen LogP contribution in [0.15, 0.2) is 42.5 Å². The lowest BCUT2D eigenvalue weighted by atomic mass is 10.3. The maximum atomic E-state index is 11.9. The summed E-state index contributed by atoms with van der Waals surface area (Å²) in [4.78, 5) is 11.9. The molecule has 0 atom stereocenters. The van der Waals surface area contributed by atoms with E-state index in [2.05, 4.69) is 5.32 Å². The van der Waals surface area contributed by atoms with Crippen LogP contribution in [0.4, 0.5) is 5.69 Å². The number of nitrogens with zero attached hydrogens (tertiary/aromatic N) is 1. The van der Waals surface area contributed by atoms with Crippen LogP contribution in [0.1, 0.15) is 11.4 Å². The largest absolute Gasteiger partial charge is 0.340 e. The van der Waals surface area contributed by atoms with Gasteiger partial charge in [-0.2, -0.15) is 0 Å². The molecule has 0 fully saturated rings. The smallest absolute Gasteiger partial charge is 0.244 e. The molecular weight excluding hydrogens is 212 g/mol. The van der Waals surface area contributed by atoms with Crippen molar-refractivity contribution in [1.29, 1.82) is 0 Å². The highest BCUT2D eigenvalue weighted by atomic mass is 16.1. The molecule has 1 heterocycles. The molecule has 0 spiro atoms. The van der Waals surface area contributed by atoms with Crippen LogP contribution in [0.3, 0.4) is 0 Å². The van der Waals surface area contributed by atoms with Crippen molar-refractivity contribution < 1.29 is 4.79 Å². The fraction of sp³-hybridized carbons (Fsp3) is 0.214. The molecule has 1 amide bonds. The number of hydrogen-bond acceptors (Lipinski definition) is 1. The lowest BCUT2D eigenvalue weighted by Gasteiger charge is -2.09. The summed E-state index contributed by atoms with van der Waals surface area (Å²) in [6.45, 7) is 4.37. The van der Waals surface area contributed by atoms with Gasteiger partial charge in [0.05, 0.1) is 0 Å². The summed E-state index contributed by atoms with van der Waals surface area (Å²) >= 11 is 0. The average Bonchev–Trinajstić information content (AvgIpc) is 2.62. The van der Waals surface area contributed by atoms with Crippen molar-refractivity contribution in [2.75, 3.05) is 5.32 Å². The minimum absolute atomic E-state index is 0.00130. The first kappa shape index (κ1) is 11.5. The molecule has 3 nitrogen and oxygen atoms in total. The zero-order chi connectivity index (χ0) is 12.3. The molecule has 1 aromatic carbocycles. The lowest BCUT2D eigenvalue weighted by Crippen LogP contribution is -2.19. The fourth-order valence-corrected chi connectivity index (χ4v) is 1.81. The van der Waals surface area contributed by atoms with Crippen LogP contribution in [-0.4, -0.2) is 10.5 Å². The van der Waals surface area contributed by atoms with E-state index in [9.17, 15) is 4.79 Å². The predicted molar refractivity (Wildman–Crippen MR) is 69.0 cm³/mol. The van der Waals surface area contributed by atoms with Gasteiger partial charge in [-0.1, -0.05) is 18.2 Å². The number of rotatable bonds is 3. The number of aryl methyl sites for hydroxylation is 2. The highest BCUT2D eigenvalue weighted by Crippen LogP contribution is 2.09. The Hall–Kier alpha value is -2.03. The van der Waals surface area contributed by atoms with E-state index in [0.717, 1.165) is 17.1 Å². The minimum atomic E-state index is -0.00130. The highest BCUT2D eigenvalue weighted by molar-refractivity contribution is 5.90. The molecule has 0 unspecified atom stereocenters. The van der Waals surface area contributed by atoms with Crippen molar-refractivity contribution in [3.05, 3.63) is 53.9 Å². The topological polar surface area (TPSA) is 34.0 Å². The van der Waals surface area contributed by atoms with E-state index in [1.807, 2.05) is 60.9 Å². The zero-order valence-corrected chi connectivity index (χ0v) is 10.1. The van der Waals surface area contributed by atoms with Gasteiger partial charge in [0, 0.05) is 17.1 Å². The first-order chi connectivity index (χ1) is 8.16. The molecule has 0 saturated heterocycles. The summed E-state index contributed by atoms with van der Waals surface area (Å²) in [5.41, 5.74) is 3.04. The second-order valence-electron chi connectivity index (χ2n) is 4.12. The van der Waals surface area contributed by atoms with Gasteiger partial charge in [0.1, 0.15) is 6.54 Å². The van der Waals surface area contributed by atoms with E-state index in [-0.39, 0.29) is 5.91 Å². The fourth-order valence-electron chi connectivity index (χ4n) is 1.81. The molecule has 0 radical (unpaired) electrons. The molecular formula is C14H16N2O. The molecule has 3 heteroatoms. The number of hydrogen-bond donors (Lipinski definition) is 1. The van der Waals surface area contributed by atoms with E-state index < -0.39 is 0 Å². The SMILES string of the molecule is Cc1ccc(C)n1CC(=O)Nc1ccccc1. The van der Waals surface area contributed by atoms with Crippen molar-refractivity contribution in [2.24, 2.45) is 0 Å². The predicted octanol–water partition coefficient (Wildman–Crippen LogP) is 2.74. The van der Waals surface area contributed by atoms with Crippen LogP contribution in [0.2, 0.25) is 0 Å². The monoisotopic (exact) mass is 228 g/mol. The second kappa shape index (κ2) is 4.87. The van der Waals surface area contributed by atoms with Crippen LogP contribution >= 0.6 is 0 Å². The van der Waals surface area contributed by atoms with Gasteiger partial charge >= 0.3 is 0 Å². The summed E-state index contributed by atoms with van der Waals surface area (Å²) in [5, 5.41) is 2.87. The Balaban J connectivity index is 2.03. The molecule has 0 aliphatic heterocycles. The molecule has 17 heavy (non-hydrogen) atoms. The normalized spacial score (nSPS) is 10.2. The number of para-hydroxylation sites is 1. The first-order valence-corrected chi connectivity index (χ1v) is 5.64. The number of anilines is 1. The lowest BCUT2D eigenvalue weighted by molar-refractivity contribution is -0.116. The zero-order valence-electron chi connectivity index (χ0n) is 10.1. The van der Waals surface area contributed by atoms with Gasteiger partial charge < -0.3 is 9.88 Å². The van der Waals surface area contributed by atoms with Crippen molar-refractivity contribution in [2.45, 2.75) is 20.4 Å². The maximum absolute atomic E-state index is 11.9. The summed E-state index contributed by atoms with van der Waals surface area (Å²) in [6.07, 6.45) is 0. The van der Waals surface area contributed by atoms with E-state index in [1.54, 1.807) is 0 Å². The van der Waals surface area contributed by atoms with Crippen LogP contribution < -0.4 is 5.32 Å². The number of carbonyl (C=O) groups is 1. The summed E-state index contributed by atoms with van der Waals surface area (Å²) in [5.74, 6) is -0.00130. The van der Waals surface area contributed by atoms with E-state index in [4.69, 9.17) is 0 Å². The third-order valence-electron chi connectivity index (χ3n) is 2.78. The average molecular weight is 228 g/mol. The van der Waals surface area contributed by atoms with Crippen LogP contribution in [0, 0.1) is 13.8 Å². The molecule has 0 aliphatic carbocycles. The Morgan fingerprint density at radius 1 is 1.06 bits per heavy atom. The van der Waals surface area contributed by atoms with Gasteiger partial charge in [-0.25, -0.2) is 0 Å². The summed E-state index contributed by atoms with van der Waals surface area (Å²) < 4.78 is 2.00. The number of benzene rings is 1. The van der Waals surface area contributed by atoms with Gasteiger partial charge in [-0.3, -0.25) is 4.79 Å². The quantitative estimate of drug-likeness (QED) is 0.861. The molecule has 0 saturated carbocycles. The summed E-state index contributed by atoms with van der Waals surface area (Å²) in [7, 11) is 0. The Labute approximate surface area is 101 Å². The first-order valence-electron chi connectivity index (χ1n) is 5.64. The van der Waals surface area contributed by atoms with Gasteiger partial charge in [0.2, 0.25) is 5.91 Å². The molecule has 0 aliphatic rings. The summed E-state index contributed by atoms with van der Waals surface area (Å²) in [6, 6.07) is 13.5. The number of amides is 1. The Morgan fingerprint density at radius 2 is 1.65 bits per heavy atom. The number of aromatic nitrogens is 1. The third-order valence-corrected chi connectivity index (χ3v) is 2.78. The molecule has 88 valence electrons. The molecule has 2 rings (SSSR count). The van der Waals surface area contributed by atoms with Crippen molar-refractivity contribution in [1.82, 2.24) is 4.57 Å². The van der Waals surface area contributed by atoms with Crippen molar-refractivity contribution in [3.8, 4) is 0 Å². The molecule has 2 aromatic rings. The van der Waals surface area contributed by atoms with E-state index in [1.165, 1.54) is 0 Å². The van der Waals surface area contributed by atoms with Crippen LogP contribution in [0.5, 0.6) is 0 Å². The van der Waals surface area contributed by atoms with Gasteiger partial charge in [-0.05, 0) is 38.1 Å². The third kappa shape index (κ3) is 2.75. The van der Waals surface area contributed by atoms with E-state index >= 15 is 0 Å². The van der Waals surface area contributed by atoms with Crippen LogP contribution in [0.25, 0.3) is 0 Å². The van der Waals surface area contributed by atoms with Crippen LogP contribution in [-0.2, 0) is 11.3 Å². The second-order valence-corrected chi connectivity index (χ2v) is 4.12. The molecule has 0 bridgehead atoms. The van der Waals surface area contributed by atoms with Gasteiger partial charge in [-0.15, -0.1) is 0 Å². The van der Waals surface area contributed by atoms with E-state index in [0.29, 0.717) is 6.54 Å². The maximum Gasteiger partial charge on any atom is 0.244 e. The number of carbonyl (C=O) groups excluding carboxylic acids is 1. The Bertz CT molecular complexity index is 495. The molecule has 1 aromatic heterocycles. The van der Waals surface area contributed by atoms with Crippen molar-refractivity contribution >= 4 is 11.6 Å². The van der Waals surface area contributed by atoms with Gasteiger partial charge in [0.15, 0.2) is 0 Å². The highest BCUT2D eigenvalue weighted by Gasteiger charge is 2.06. The standard InChI is InChI=1S/C14H16N2O/c1-11-8-9-12(2)16(11)10-14(17)15-13-6-4-3-5-7-13/h3-9H,10H2,1-2H3,(H,15,17). The Morgan fingerprint density at radius 3 is 2.24 bits per heavy atom. The number of nitrogens with one attached hydrogen (secondary N) is 1. The van der Waals surface area contributed by atoms with Crippen molar-refractivity contribution in [3.63, 3.8) is 0 Å². The Kier molecular flexibility index (Phi) is 3.28. The molecule has 1 N–H and O–H groups in total. The van der Waals surface area contributed by atoms with Gasteiger partial charge in [0.25, 0.3) is 0 Å². The minimum Gasteiger partial charge on any atom is -0.340 e.